The molecule has 4 N–H and O–H groups in total. The van der Waals surface area contributed by atoms with E-state index in [1.165, 1.54) is 22.1 Å². The van der Waals surface area contributed by atoms with Gasteiger partial charge in [-0.05, 0) is 115 Å². The first-order chi connectivity index (χ1) is 18.5. The molecule has 4 heteroatoms. The van der Waals surface area contributed by atoms with Crippen molar-refractivity contribution in [3.05, 3.63) is 131 Å². The zero-order chi connectivity index (χ0) is 28.9. The molecule has 0 bridgehead atoms. The Morgan fingerprint density at radius 2 is 1.03 bits per heavy atom. The number of rotatable bonds is 1. The lowest BCUT2D eigenvalue weighted by molar-refractivity contribution is 0.474. The number of aromatic hydroxyl groups is 4. The van der Waals surface area contributed by atoms with E-state index in [1.54, 1.807) is 48.5 Å². The Hall–Kier alpha value is -4.44. The molecule has 0 amide bonds. The Labute approximate surface area is 232 Å². The standard InChI is InChI=1S/C12H12O.C9H12O.2C7H8O/c1-8-4-3-5-10-7-11(13)6-9(2)12(8)10;1-7(2)8-3-5-9(10)6-4-8;1-6-2-4-7(8)5-3-6;1-6-3-2-4-7(8)5-6/h3-7,13H,1-2H3;3-7,10H,1-2H3;2*2-5,8H,1H3. The molecule has 0 unspecified atom stereocenters. The summed E-state index contributed by atoms with van der Waals surface area (Å²) in [5.74, 6) is 1.89. The third kappa shape index (κ3) is 10.8. The van der Waals surface area contributed by atoms with Gasteiger partial charge in [0.05, 0.1) is 0 Å². The van der Waals surface area contributed by atoms with E-state index in [0.29, 0.717) is 28.9 Å². The third-order valence-corrected chi connectivity index (χ3v) is 5.96. The van der Waals surface area contributed by atoms with Crippen LogP contribution in [0.15, 0.2) is 103 Å². The van der Waals surface area contributed by atoms with E-state index in [1.807, 2.05) is 69.3 Å². The van der Waals surface area contributed by atoms with Crippen molar-refractivity contribution in [2.24, 2.45) is 0 Å². The minimum atomic E-state index is 0.329. The fourth-order valence-electron chi connectivity index (χ4n) is 3.88. The van der Waals surface area contributed by atoms with Crippen LogP contribution in [0.5, 0.6) is 23.0 Å². The van der Waals surface area contributed by atoms with Crippen molar-refractivity contribution in [3.63, 3.8) is 0 Å². The van der Waals surface area contributed by atoms with E-state index in [0.717, 1.165) is 16.5 Å². The first-order valence-electron chi connectivity index (χ1n) is 13.0. The van der Waals surface area contributed by atoms with Crippen LogP contribution in [0.25, 0.3) is 10.8 Å². The van der Waals surface area contributed by atoms with E-state index in [-0.39, 0.29) is 0 Å². The maximum atomic E-state index is 9.40. The molecule has 5 aromatic rings. The van der Waals surface area contributed by atoms with Crippen LogP contribution >= 0.6 is 0 Å². The molecular formula is C35H40O4. The summed E-state index contributed by atoms with van der Waals surface area (Å²) in [6.07, 6.45) is 0. The monoisotopic (exact) mass is 524 g/mol. The molecule has 0 aromatic heterocycles. The number of fused-ring (bicyclic) bond motifs is 1. The summed E-state index contributed by atoms with van der Waals surface area (Å²) in [6, 6.07) is 31.3. The highest BCUT2D eigenvalue weighted by Gasteiger charge is 2.01. The van der Waals surface area contributed by atoms with E-state index in [9.17, 15) is 5.11 Å². The average Bonchev–Trinajstić information content (AvgIpc) is 2.87. The highest BCUT2D eigenvalue weighted by Crippen LogP contribution is 2.26. The molecule has 0 aliphatic heterocycles. The average molecular weight is 525 g/mol. The topological polar surface area (TPSA) is 80.9 Å². The van der Waals surface area contributed by atoms with Gasteiger partial charge in [-0.1, -0.05) is 74.0 Å². The summed E-state index contributed by atoms with van der Waals surface area (Å²) >= 11 is 0. The van der Waals surface area contributed by atoms with Crippen molar-refractivity contribution in [2.75, 3.05) is 0 Å². The van der Waals surface area contributed by atoms with Crippen LogP contribution in [-0.2, 0) is 0 Å². The van der Waals surface area contributed by atoms with Crippen molar-refractivity contribution in [1.29, 1.82) is 0 Å². The van der Waals surface area contributed by atoms with Crippen LogP contribution in [0.4, 0.5) is 0 Å². The molecule has 0 atom stereocenters. The summed E-state index contributed by atoms with van der Waals surface area (Å²) < 4.78 is 0. The summed E-state index contributed by atoms with van der Waals surface area (Å²) in [4.78, 5) is 0. The van der Waals surface area contributed by atoms with Gasteiger partial charge in [-0.15, -0.1) is 0 Å². The van der Waals surface area contributed by atoms with Gasteiger partial charge < -0.3 is 20.4 Å². The Bertz CT molecular complexity index is 1400. The van der Waals surface area contributed by atoms with Gasteiger partial charge in [0.1, 0.15) is 23.0 Å². The first kappa shape index (κ1) is 30.8. The van der Waals surface area contributed by atoms with E-state index in [2.05, 4.69) is 26.8 Å². The van der Waals surface area contributed by atoms with Crippen LogP contribution in [0.1, 0.15) is 47.6 Å². The molecule has 0 saturated carbocycles. The lowest BCUT2D eigenvalue weighted by Gasteiger charge is -2.05. The SMILES string of the molecule is CC(C)c1ccc(O)cc1.Cc1ccc(O)cc1.Cc1cccc(O)c1.Cc1cccc2cc(O)cc(C)c12. The largest absolute Gasteiger partial charge is 0.508 e. The molecule has 0 spiro atoms. The predicted molar refractivity (Wildman–Crippen MR) is 163 cm³/mol. The number of phenolic OH excluding ortho intramolecular Hbond substituents is 4. The Kier molecular flexibility index (Phi) is 11.9. The molecular weight excluding hydrogens is 484 g/mol. The van der Waals surface area contributed by atoms with E-state index >= 15 is 0 Å². The van der Waals surface area contributed by atoms with Gasteiger partial charge in [0.25, 0.3) is 0 Å². The lowest BCUT2D eigenvalue weighted by Crippen LogP contribution is -1.84. The molecule has 0 aliphatic rings. The summed E-state index contributed by atoms with van der Waals surface area (Å²) in [7, 11) is 0. The summed E-state index contributed by atoms with van der Waals surface area (Å²) in [5, 5.41) is 38.3. The van der Waals surface area contributed by atoms with Crippen molar-refractivity contribution in [3.8, 4) is 23.0 Å². The second-order valence-electron chi connectivity index (χ2n) is 9.86. The molecule has 0 radical (unpaired) electrons. The first-order valence-corrected chi connectivity index (χ1v) is 13.0. The number of aryl methyl sites for hydroxylation is 4. The minimum absolute atomic E-state index is 0.329. The van der Waals surface area contributed by atoms with Gasteiger partial charge in [0.15, 0.2) is 0 Å². The smallest absolute Gasteiger partial charge is 0.116 e. The summed E-state index contributed by atoms with van der Waals surface area (Å²) in [6.45, 7) is 12.3. The van der Waals surface area contributed by atoms with Gasteiger partial charge in [-0.25, -0.2) is 0 Å². The van der Waals surface area contributed by atoms with Gasteiger partial charge in [0, 0.05) is 0 Å². The van der Waals surface area contributed by atoms with Gasteiger partial charge in [0.2, 0.25) is 0 Å². The lowest BCUT2D eigenvalue weighted by atomic mass is 10.0. The van der Waals surface area contributed by atoms with Crippen molar-refractivity contribution in [1.82, 2.24) is 0 Å². The zero-order valence-corrected chi connectivity index (χ0v) is 23.7. The second-order valence-corrected chi connectivity index (χ2v) is 9.86. The Balaban J connectivity index is 0.000000187. The summed E-state index contributed by atoms with van der Waals surface area (Å²) in [5.41, 5.74) is 5.91. The Morgan fingerprint density at radius 3 is 1.51 bits per heavy atom. The molecule has 5 aromatic carbocycles. The number of hydrogen-bond acceptors (Lipinski definition) is 4. The number of phenols is 4. The highest BCUT2D eigenvalue weighted by atomic mass is 16.3. The van der Waals surface area contributed by atoms with Crippen LogP contribution in [-0.4, -0.2) is 20.4 Å². The predicted octanol–water partition coefficient (Wildman–Crippen LogP) is 9.08. The molecule has 4 nitrogen and oxygen atoms in total. The second kappa shape index (κ2) is 15.1. The quantitative estimate of drug-likeness (QED) is 0.176. The van der Waals surface area contributed by atoms with Gasteiger partial charge >= 0.3 is 0 Å². The van der Waals surface area contributed by atoms with Crippen LogP contribution in [0.2, 0.25) is 0 Å². The fourth-order valence-corrected chi connectivity index (χ4v) is 3.88. The zero-order valence-electron chi connectivity index (χ0n) is 23.7. The Morgan fingerprint density at radius 1 is 0.462 bits per heavy atom. The normalized spacial score (nSPS) is 9.92. The molecule has 5 rings (SSSR count). The van der Waals surface area contributed by atoms with E-state index < -0.39 is 0 Å². The molecule has 0 aliphatic carbocycles. The van der Waals surface area contributed by atoms with Crippen LogP contribution in [0, 0.1) is 27.7 Å². The molecule has 0 fully saturated rings. The fraction of sp³-hybridized carbons (Fsp3) is 0.200. The molecule has 39 heavy (non-hydrogen) atoms. The molecule has 204 valence electrons. The molecule has 0 heterocycles. The molecule has 0 saturated heterocycles. The maximum Gasteiger partial charge on any atom is 0.116 e. The minimum Gasteiger partial charge on any atom is -0.508 e. The highest BCUT2D eigenvalue weighted by molar-refractivity contribution is 5.89. The number of hydrogen-bond donors (Lipinski definition) is 4. The number of benzene rings is 5. The third-order valence-electron chi connectivity index (χ3n) is 5.96. The van der Waals surface area contributed by atoms with E-state index in [4.69, 9.17) is 15.3 Å². The van der Waals surface area contributed by atoms with Crippen molar-refractivity contribution >= 4 is 10.8 Å². The van der Waals surface area contributed by atoms with Crippen molar-refractivity contribution in [2.45, 2.75) is 47.5 Å². The van der Waals surface area contributed by atoms with Gasteiger partial charge in [-0.3, -0.25) is 0 Å². The van der Waals surface area contributed by atoms with Crippen LogP contribution < -0.4 is 0 Å². The maximum absolute atomic E-state index is 9.40. The van der Waals surface area contributed by atoms with Crippen LogP contribution in [0.3, 0.4) is 0 Å². The van der Waals surface area contributed by atoms with Gasteiger partial charge in [-0.2, -0.15) is 0 Å². The van der Waals surface area contributed by atoms with Crippen molar-refractivity contribution < 1.29 is 20.4 Å².